The monoisotopic (exact) mass is 530 g/mol. The Balaban J connectivity index is 2.16. The summed E-state index contributed by atoms with van der Waals surface area (Å²) in [7, 11) is 0. The number of carbonyl (C=O) groups is 1. The van der Waals surface area contributed by atoms with Crippen molar-refractivity contribution < 1.29 is 14.6 Å². The number of hydrogen-bond acceptors (Lipinski definition) is 3. The van der Waals surface area contributed by atoms with E-state index in [4.69, 9.17) is 4.74 Å². The standard InChI is InChI=1S/C35H62O3/c1-8-9-10-11-12-13-14-15-16-17-18-19-20-21-22-23-24-25-32(36)38-30-26-29(2)33(37)31(27-30)35(6,7)28-34(3,4)5/h26-27,37H,8-25,28H2,1-7H3. The van der Waals surface area contributed by atoms with Gasteiger partial charge in [-0.2, -0.15) is 0 Å². The highest BCUT2D eigenvalue weighted by Gasteiger charge is 2.30. The van der Waals surface area contributed by atoms with Gasteiger partial charge in [0, 0.05) is 12.0 Å². The molecule has 0 fully saturated rings. The van der Waals surface area contributed by atoms with E-state index in [9.17, 15) is 9.90 Å². The summed E-state index contributed by atoms with van der Waals surface area (Å²) in [4.78, 5) is 12.5. The van der Waals surface area contributed by atoms with Crippen LogP contribution < -0.4 is 4.74 Å². The normalized spacial score (nSPS) is 12.2. The van der Waals surface area contributed by atoms with Crippen LogP contribution in [0.4, 0.5) is 0 Å². The second kappa shape index (κ2) is 18.7. The fraction of sp³-hybridized carbons (Fsp3) is 0.800. The second-order valence-electron chi connectivity index (χ2n) is 13.6. The van der Waals surface area contributed by atoms with Crippen molar-refractivity contribution in [1.82, 2.24) is 0 Å². The molecule has 0 aliphatic rings. The van der Waals surface area contributed by atoms with Gasteiger partial charge < -0.3 is 9.84 Å². The van der Waals surface area contributed by atoms with Crippen molar-refractivity contribution in [2.24, 2.45) is 5.41 Å². The first-order valence-corrected chi connectivity index (χ1v) is 16.0. The van der Waals surface area contributed by atoms with Crippen molar-refractivity contribution in [2.45, 2.75) is 176 Å². The third-order valence-corrected chi connectivity index (χ3v) is 7.69. The Morgan fingerprint density at radius 1 is 0.711 bits per heavy atom. The van der Waals surface area contributed by atoms with Crippen molar-refractivity contribution >= 4 is 5.97 Å². The zero-order valence-electron chi connectivity index (χ0n) is 26.4. The van der Waals surface area contributed by atoms with Crippen LogP contribution in [0, 0.1) is 12.3 Å². The Hall–Kier alpha value is -1.51. The molecule has 1 N–H and O–H groups in total. The molecule has 0 saturated carbocycles. The number of unbranched alkanes of at least 4 members (excludes halogenated alkanes) is 16. The minimum Gasteiger partial charge on any atom is -0.507 e. The highest BCUT2D eigenvalue weighted by molar-refractivity contribution is 5.72. The van der Waals surface area contributed by atoms with Crippen LogP contribution in [-0.2, 0) is 10.2 Å². The van der Waals surface area contributed by atoms with Crippen LogP contribution in [0.25, 0.3) is 0 Å². The molecular formula is C35H62O3. The molecule has 38 heavy (non-hydrogen) atoms. The van der Waals surface area contributed by atoms with Crippen LogP contribution in [0.2, 0.25) is 0 Å². The summed E-state index contributed by atoms with van der Waals surface area (Å²) in [6.45, 7) is 15.1. The quantitative estimate of drug-likeness (QED) is 0.0976. The molecule has 0 radical (unpaired) electrons. The maximum Gasteiger partial charge on any atom is 0.311 e. The maximum atomic E-state index is 12.5. The van der Waals surface area contributed by atoms with Crippen molar-refractivity contribution in [3.63, 3.8) is 0 Å². The Labute approximate surface area is 236 Å². The summed E-state index contributed by atoms with van der Waals surface area (Å²) >= 11 is 0. The smallest absolute Gasteiger partial charge is 0.311 e. The summed E-state index contributed by atoms with van der Waals surface area (Å²) in [5.41, 5.74) is 1.52. The summed E-state index contributed by atoms with van der Waals surface area (Å²) < 4.78 is 5.70. The molecule has 0 unspecified atom stereocenters. The molecule has 220 valence electrons. The molecular weight excluding hydrogens is 468 g/mol. The van der Waals surface area contributed by atoms with Gasteiger partial charge in [-0.05, 0) is 48.3 Å². The lowest BCUT2D eigenvalue weighted by Gasteiger charge is -2.34. The minimum absolute atomic E-state index is 0.128. The van der Waals surface area contributed by atoms with E-state index >= 15 is 0 Å². The summed E-state index contributed by atoms with van der Waals surface area (Å²) in [6, 6.07) is 3.64. The second-order valence-corrected chi connectivity index (χ2v) is 13.6. The molecule has 0 heterocycles. The lowest BCUT2D eigenvalue weighted by atomic mass is 9.71. The van der Waals surface area contributed by atoms with Gasteiger partial charge in [0.1, 0.15) is 11.5 Å². The topological polar surface area (TPSA) is 46.5 Å². The van der Waals surface area contributed by atoms with Gasteiger partial charge in [-0.15, -0.1) is 0 Å². The van der Waals surface area contributed by atoms with Crippen LogP contribution in [0.1, 0.15) is 175 Å². The van der Waals surface area contributed by atoms with Gasteiger partial charge in [-0.25, -0.2) is 0 Å². The highest BCUT2D eigenvalue weighted by atomic mass is 16.5. The van der Waals surface area contributed by atoms with Gasteiger partial charge in [0.05, 0.1) is 0 Å². The average molecular weight is 531 g/mol. The van der Waals surface area contributed by atoms with E-state index in [2.05, 4.69) is 41.5 Å². The predicted octanol–water partition coefficient (Wildman–Crippen LogP) is 11.4. The van der Waals surface area contributed by atoms with E-state index in [1.54, 1.807) is 6.07 Å². The van der Waals surface area contributed by atoms with Crippen LogP contribution in [0.3, 0.4) is 0 Å². The number of hydrogen-bond donors (Lipinski definition) is 1. The molecule has 0 aliphatic heterocycles. The van der Waals surface area contributed by atoms with E-state index in [1.807, 2.05) is 13.0 Å². The van der Waals surface area contributed by atoms with Crippen molar-refractivity contribution in [1.29, 1.82) is 0 Å². The molecule has 0 bridgehead atoms. The predicted molar refractivity (Wildman–Crippen MR) is 164 cm³/mol. The number of rotatable bonds is 21. The Morgan fingerprint density at radius 2 is 1.13 bits per heavy atom. The number of carbonyl (C=O) groups excluding carboxylic acids is 1. The number of ether oxygens (including phenoxy) is 1. The first kappa shape index (κ1) is 34.5. The van der Waals surface area contributed by atoms with Gasteiger partial charge >= 0.3 is 5.97 Å². The first-order valence-electron chi connectivity index (χ1n) is 16.0. The molecule has 0 amide bonds. The van der Waals surface area contributed by atoms with Crippen LogP contribution >= 0.6 is 0 Å². The van der Waals surface area contributed by atoms with Crippen LogP contribution in [-0.4, -0.2) is 11.1 Å². The third-order valence-electron chi connectivity index (χ3n) is 7.69. The Bertz CT molecular complexity index is 772. The number of phenolic OH excluding ortho intramolecular Hbond substituents is 1. The Morgan fingerprint density at radius 3 is 1.55 bits per heavy atom. The summed E-state index contributed by atoms with van der Waals surface area (Å²) in [5, 5.41) is 10.7. The van der Waals surface area contributed by atoms with Gasteiger partial charge in [-0.3, -0.25) is 4.79 Å². The summed E-state index contributed by atoms with van der Waals surface area (Å²) in [5.74, 6) is 0.692. The average Bonchev–Trinajstić information content (AvgIpc) is 2.81. The molecule has 0 spiro atoms. The van der Waals surface area contributed by atoms with Gasteiger partial charge in [0.2, 0.25) is 0 Å². The molecule has 1 rings (SSSR count). The number of aromatic hydroxyl groups is 1. The fourth-order valence-electron chi connectivity index (χ4n) is 5.92. The molecule has 0 aliphatic carbocycles. The minimum atomic E-state index is -0.219. The van der Waals surface area contributed by atoms with Crippen molar-refractivity contribution in [2.75, 3.05) is 0 Å². The summed E-state index contributed by atoms with van der Waals surface area (Å²) in [6.07, 6.45) is 24.0. The lowest BCUT2D eigenvalue weighted by Crippen LogP contribution is -2.25. The molecule has 1 aromatic rings. The molecule has 0 saturated heterocycles. The van der Waals surface area contributed by atoms with Gasteiger partial charge in [0.25, 0.3) is 0 Å². The fourth-order valence-corrected chi connectivity index (χ4v) is 5.92. The van der Waals surface area contributed by atoms with Crippen LogP contribution in [0.5, 0.6) is 11.5 Å². The van der Waals surface area contributed by atoms with E-state index in [1.165, 1.54) is 96.3 Å². The van der Waals surface area contributed by atoms with Crippen molar-refractivity contribution in [3.05, 3.63) is 23.3 Å². The van der Waals surface area contributed by atoms with E-state index in [0.717, 1.165) is 30.4 Å². The SMILES string of the molecule is CCCCCCCCCCCCCCCCCCCC(=O)Oc1cc(C)c(O)c(C(C)(C)CC(C)(C)C)c1. The maximum absolute atomic E-state index is 12.5. The third kappa shape index (κ3) is 15.8. The van der Waals surface area contributed by atoms with Crippen LogP contribution in [0.15, 0.2) is 12.1 Å². The zero-order valence-corrected chi connectivity index (χ0v) is 26.4. The first-order chi connectivity index (χ1) is 18.0. The van der Waals surface area contributed by atoms with E-state index in [0.29, 0.717) is 17.9 Å². The number of aryl methyl sites for hydroxylation is 1. The Kier molecular flexibility index (Phi) is 17.0. The van der Waals surface area contributed by atoms with E-state index < -0.39 is 0 Å². The molecule has 3 nitrogen and oxygen atoms in total. The molecule has 0 atom stereocenters. The zero-order chi connectivity index (χ0) is 28.4. The molecule has 3 heteroatoms. The lowest BCUT2D eigenvalue weighted by molar-refractivity contribution is -0.134. The van der Waals surface area contributed by atoms with Gasteiger partial charge in [0.15, 0.2) is 0 Å². The molecule has 1 aromatic carbocycles. The van der Waals surface area contributed by atoms with Gasteiger partial charge in [-0.1, -0.05) is 144 Å². The number of phenols is 1. The highest BCUT2D eigenvalue weighted by Crippen LogP contribution is 2.42. The van der Waals surface area contributed by atoms with E-state index in [-0.39, 0.29) is 16.8 Å². The molecule has 0 aromatic heterocycles. The number of benzene rings is 1. The largest absolute Gasteiger partial charge is 0.507 e. The van der Waals surface area contributed by atoms with Crippen molar-refractivity contribution in [3.8, 4) is 11.5 Å². The number of esters is 1.